The maximum absolute atomic E-state index is 14.2. The molecule has 2 atom stereocenters. The van der Waals surface area contributed by atoms with Crippen molar-refractivity contribution in [2.45, 2.75) is 44.8 Å². The minimum atomic E-state index is -0.676. The molecule has 3 nitrogen and oxygen atoms in total. The largest absolute Gasteiger partial charge is 0.396 e. The Labute approximate surface area is 113 Å². The van der Waals surface area contributed by atoms with Crippen LogP contribution in [0.4, 0.5) is 10.1 Å². The van der Waals surface area contributed by atoms with Gasteiger partial charge in [-0.15, -0.1) is 0 Å². The van der Waals surface area contributed by atoms with Gasteiger partial charge in [-0.05, 0) is 38.7 Å². The maximum Gasteiger partial charge on any atom is 0.146 e. The van der Waals surface area contributed by atoms with Crippen LogP contribution >= 0.6 is 0 Å². The third-order valence-corrected chi connectivity index (χ3v) is 3.83. The monoisotopic (exact) mass is 267 g/mol. The molecule has 1 fully saturated rings. The lowest BCUT2D eigenvalue weighted by Gasteiger charge is -2.30. The Hall–Kier alpha value is -1.13. The second kappa shape index (κ2) is 6.35. The van der Waals surface area contributed by atoms with Crippen molar-refractivity contribution in [2.24, 2.45) is 0 Å². The van der Waals surface area contributed by atoms with Gasteiger partial charge in [0.2, 0.25) is 0 Å². The van der Waals surface area contributed by atoms with Gasteiger partial charge >= 0.3 is 0 Å². The summed E-state index contributed by atoms with van der Waals surface area (Å²) < 4.78 is 14.2. The van der Waals surface area contributed by atoms with E-state index in [0.717, 1.165) is 32.2 Å². The molecule has 0 saturated carbocycles. The minimum Gasteiger partial charge on any atom is -0.396 e. The van der Waals surface area contributed by atoms with Gasteiger partial charge in [0.1, 0.15) is 5.82 Å². The summed E-state index contributed by atoms with van der Waals surface area (Å²) in [7, 11) is 0. The SMILES string of the molecule is C[C@@H](O)c1cccc(F)c1N1CCCC1CCCO. The molecule has 19 heavy (non-hydrogen) atoms. The Kier molecular flexibility index (Phi) is 4.77. The van der Waals surface area contributed by atoms with Gasteiger partial charge in [-0.25, -0.2) is 4.39 Å². The standard InChI is InChI=1S/C15H22FNO2/c1-11(19)13-7-2-8-14(16)15(13)17-9-3-5-12(17)6-4-10-18/h2,7-8,11-12,18-19H,3-6,9-10H2,1H3/t11-,12?/m1/s1. The molecule has 1 unspecified atom stereocenters. The number of benzene rings is 1. The van der Waals surface area contributed by atoms with Crippen molar-refractivity contribution in [1.82, 2.24) is 0 Å². The summed E-state index contributed by atoms with van der Waals surface area (Å²) in [6.07, 6.45) is 2.98. The first-order valence-electron chi connectivity index (χ1n) is 6.99. The Morgan fingerprint density at radius 2 is 2.26 bits per heavy atom. The van der Waals surface area contributed by atoms with Gasteiger partial charge in [-0.3, -0.25) is 0 Å². The van der Waals surface area contributed by atoms with Crippen LogP contribution in [0.2, 0.25) is 0 Å². The molecule has 0 aliphatic carbocycles. The van der Waals surface area contributed by atoms with E-state index in [0.29, 0.717) is 11.3 Å². The van der Waals surface area contributed by atoms with Gasteiger partial charge in [-0.1, -0.05) is 12.1 Å². The zero-order chi connectivity index (χ0) is 13.8. The molecule has 1 aliphatic heterocycles. The van der Waals surface area contributed by atoms with Crippen molar-refractivity contribution in [3.8, 4) is 0 Å². The third kappa shape index (κ3) is 3.07. The average molecular weight is 267 g/mol. The van der Waals surface area contributed by atoms with Crippen LogP contribution in [0.1, 0.15) is 44.3 Å². The predicted octanol–water partition coefficient (Wildman–Crippen LogP) is 2.62. The molecule has 106 valence electrons. The lowest BCUT2D eigenvalue weighted by Crippen LogP contribution is -2.31. The van der Waals surface area contributed by atoms with Crippen molar-refractivity contribution in [3.63, 3.8) is 0 Å². The van der Waals surface area contributed by atoms with Crippen molar-refractivity contribution in [1.29, 1.82) is 0 Å². The van der Waals surface area contributed by atoms with E-state index in [4.69, 9.17) is 5.11 Å². The van der Waals surface area contributed by atoms with Crippen LogP contribution in [-0.4, -0.2) is 29.4 Å². The van der Waals surface area contributed by atoms with Gasteiger partial charge < -0.3 is 15.1 Å². The number of aliphatic hydroxyl groups excluding tert-OH is 2. The van der Waals surface area contributed by atoms with Crippen molar-refractivity contribution < 1.29 is 14.6 Å². The molecule has 2 rings (SSSR count). The van der Waals surface area contributed by atoms with E-state index < -0.39 is 6.10 Å². The lowest BCUT2D eigenvalue weighted by atomic mass is 10.0. The molecule has 1 heterocycles. The van der Waals surface area contributed by atoms with Crippen LogP contribution in [0.5, 0.6) is 0 Å². The van der Waals surface area contributed by atoms with Crippen molar-refractivity contribution in [2.75, 3.05) is 18.1 Å². The molecule has 1 aliphatic rings. The summed E-state index contributed by atoms with van der Waals surface area (Å²) in [6.45, 7) is 2.65. The highest BCUT2D eigenvalue weighted by Gasteiger charge is 2.28. The number of nitrogens with zero attached hydrogens (tertiary/aromatic N) is 1. The van der Waals surface area contributed by atoms with E-state index in [1.54, 1.807) is 19.1 Å². The van der Waals surface area contributed by atoms with E-state index in [2.05, 4.69) is 4.90 Å². The lowest BCUT2D eigenvalue weighted by molar-refractivity contribution is 0.199. The Balaban J connectivity index is 2.29. The number of halogens is 1. The second-order valence-electron chi connectivity index (χ2n) is 5.21. The van der Waals surface area contributed by atoms with E-state index in [1.165, 1.54) is 6.07 Å². The summed E-state index contributed by atoms with van der Waals surface area (Å²) in [5, 5.41) is 18.8. The number of hydrogen-bond donors (Lipinski definition) is 2. The van der Waals surface area contributed by atoms with Crippen molar-refractivity contribution >= 4 is 5.69 Å². The zero-order valence-electron chi connectivity index (χ0n) is 11.3. The highest BCUT2D eigenvalue weighted by atomic mass is 19.1. The van der Waals surface area contributed by atoms with Crippen LogP contribution in [0.25, 0.3) is 0 Å². The van der Waals surface area contributed by atoms with Gasteiger partial charge in [0.05, 0.1) is 11.8 Å². The van der Waals surface area contributed by atoms with Crippen molar-refractivity contribution in [3.05, 3.63) is 29.6 Å². The first kappa shape index (κ1) is 14.3. The van der Waals surface area contributed by atoms with Gasteiger partial charge in [-0.2, -0.15) is 0 Å². The first-order chi connectivity index (χ1) is 9.15. The van der Waals surface area contributed by atoms with Gasteiger partial charge in [0, 0.05) is 24.8 Å². The minimum absolute atomic E-state index is 0.171. The highest BCUT2D eigenvalue weighted by molar-refractivity contribution is 5.57. The fourth-order valence-corrected chi connectivity index (χ4v) is 2.93. The summed E-state index contributed by atoms with van der Waals surface area (Å²) in [6, 6.07) is 5.13. The van der Waals surface area contributed by atoms with Crippen LogP contribution < -0.4 is 4.90 Å². The molecule has 0 bridgehead atoms. The van der Waals surface area contributed by atoms with Crippen LogP contribution in [0.3, 0.4) is 0 Å². The molecule has 1 aromatic carbocycles. The molecule has 0 amide bonds. The van der Waals surface area contributed by atoms with Gasteiger partial charge in [0.15, 0.2) is 0 Å². The topological polar surface area (TPSA) is 43.7 Å². The number of anilines is 1. The number of hydrogen-bond acceptors (Lipinski definition) is 3. The van der Waals surface area contributed by atoms with Crippen LogP contribution in [-0.2, 0) is 0 Å². The fourth-order valence-electron chi connectivity index (χ4n) is 2.93. The molecular weight excluding hydrogens is 245 g/mol. The average Bonchev–Trinajstić information content (AvgIpc) is 2.83. The number of rotatable bonds is 5. The van der Waals surface area contributed by atoms with Crippen LogP contribution in [0.15, 0.2) is 18.2 Å². The summed E-state index contributed by atoms with van der Waals surface area (Å²) >= 11 is 0. The van der Waals surface area contributed by atoms with Crippen LogP contribution in [0, 0.1) is 5.82 Å². The Morgan fingerprint density at radius 3 is 2.95 bits per heavy atom. The third-order valence-electron chi connectivity index (χ3n) is 3.83. The molecule has 1 saturated heterocycles. The van der Waals surface area contributed by atoms with E-state index >= 15 is 0 Å². The normalized spacial score (nSPS) is 20.8. The molecule has 0 aromatic heterocycles. The first-order valence-corrected chi connectivity index (χ1v) is 6.99. The molecule has 0 radical (unpaired) electrons. The fraction of sp³-hybridized carbons (Fsp3) is 0.600. The van der Waals surface area contributed by atoms with E-state index in [1.807, 2.05) is 0 Å². The Morgan fingerprint density at radius 1 is 1.47 bits per heavy atom. The quantitative estimate of drug-likeness (QED) is 0.862. The Bertz CT molecular complexity index is 423. The summed E-state index contributed by atoms with van der Waals surface area (Å²) in [5.74, 6) is -0.269. The zero-order valence-corrected chi connectivity index (χ0v) is 11.3. The molecule has 0 spiro atoms. The highest BCUT2D eigenvalue weighted by Crippen LogP contribution is 2.35. The molecule has 1 aromatic rings. The summed E-state index contributed by atoms with van der Waals surface area (Å²) in [5.41, 5.74) is 1.19. The summed E-state index contributed by atoms with van der Waals surface area (Å²) in [4.78, 5) is 2.06. The predicted molar refractivity (Wildman–Crippen MR) is 73.7 cm³/mol. The van der Waals surface area contributed by atoms with E-state index in [9.17, 15) is 9.50 Å². The smallest absolute Gasteiger partial charge is 0.146 e. The molecular formula is C15H22FNO2. The molecule has 4 heteroatoms. The number of para-hydroxylation sites is 1. The number of aliphatic hydroxyl groups is 2. The second-order valence-corrected chi connectivity index (χ2v) is 5.21. The molecule has 2 N–H and O–H groups in total. The maximum atomic E-state index is 14.2. The van der Waals surface area contributed by atoms with Gasteiger partial charge in [0.25, 0.3) is 0 Å². The van der Waals surface area contributed by atoms with E-state index in [-0.39, 0.29) is 18.5 Å².